The molecular formula is C32H39N3O7S. The average molecular weight is 610 g/mol. The van der Waals surface area contributed by atoms with Crippen LogP contribution in [0.5, 0.6) is 5.75 Å². The molecule has 230 valence electrons. The largest absolute Gasteiger partial charge is 0.484 e. The summed E-state index contributed by atoms with van der Waals surface area (Å²) in [5.74, 6) is -0.290. The van der Waals surface area contributed by atoms with E-state index in [1.54, 1.807) is 12.0 Å². The third-order valence-corrected chi connectivity index (χ3v) is 9.00. The van der Waals surface area contributed by atoms with Gasteiger partial charge in [-0.1, -0.05) is 60.7 Å². The number of hydrogen-bond donors (Lipinski definition) is 1. The van der Waals surface area contributed by atoms with Crippen LogP contribution in [-0.2, 0) is 42.1 Å². The van der Waals surface area contributed by atoms with Crippen molar-refractivity contribution in [2.75, 3.05) is 53.2 Å². The van der Waals surface area contributed by atoms with Gasteiger partial charge >= 0.3 is 0 Å². The second-order valence-corrected chi connectivity index (χ2v) is 12.1. The molecule has 43 heavy (non-hydrogen) atoms. The molecule has 1 unspecified atom stereocenters. The van der Waals surface area contributed by atoms with Gasteiger partial charge in [0.15, 0.2) is 6.61 Å². The van der Waals surface area contributed by atoms with Gasteiger partial charge in [0.1, 0.15) is 11.8 Å². The summed E-state index contributed by atoms with van der Waals surface area (Å²) in [5, 5.41) is 2.96. The summed E-state index contributed by atoms with van der Waals surface area (Å²) in [6, 6.07) is 24.3. The summed E-state index contributed by atoms with van der Waals surface area (Å²) in [6.45, 7) is 2.13. The van der Waals surface area contributed by atoms with Gasteiger partial charge in [0.25, 0.3) is 5.91 Å². The van der Waals surface area contributed by atoms with Crippen molar-refractivity contribution in [3.63, 3.8) is 0 Å². The topological polar surface area (TPSA) is 114 Å². The molecule has 11 heteroatoms. The third kappa shape index (κ3) is 9.36. The van der Waals surface area contributed by atoms with Gasteiger partial charge < -0.3 is 24.4 Å². The first-order valence-electron chi connectivity index (χ1n) is 14.3. The molecule has 2 amide bonds. The van der Waals surface area contributed by atoms with Crippen molar-refractivity contribution >= 4 is 21.8 Å². The molecule has 0 spiro atoms. The van der Waals surface area contributed by atoms with Crippen molar-refractivity contribution < 1.29 is 32.2 Å². The van der Waals surface area contributed by atoms with Crippen LogP contribution < -0.4 is 10.1 Å². The Morgan fingerprint density at radius 3 is 2.19 bits per heavy atom. The molecule has 3 aromatic carbocycles. The lowest BCUT2D eigenvalue weighted by molar-refractivity contribution is -0.142. The van der Waals surface area contributed by atoms with E-state index in [1.807, 2.05) is 60.7 Å². The third-order valence-electron chi connectivity index (χ3n) is 7.09. The maximum absolute atomic E-state index is 13.8. The Bertz CT molecular complexity index is 1400. The molecule has 1 aliphatic rings. The number of nitrogens with zero attached hydrogens (tertiary/aromatic N) is 2. The molecule has 0 aromatic heterocycles. The summed E-state index contributed by atoms with van der Waals surface area (Å²) < 4.78 is 43.5. The Morgan fingerprint density at radius 1 is 0.930 bits per heavy atom. The fraction of sp³-hybridized carbons (Fsp3) is 0.375. The number of methoxy groups -OCH3 is 1. The number of sulfonamides is 1. The molecule has 1 saturated heterocycles. The first kappa shape index (κ1) is 32.2. The Hall–Kier alpha value is -3.77. The molecule has 1 atom stereocenters. The van der Waals surface area contributed by atoms with E-state index in [-0.39, 0.29) is 29.9 Å². The van der Waals surface area contributed by atoms with Crippen LogP contribution in [-0.4, -0.2) is 88.7 Å². The fourth-order valence-electron chi connectivity index (χ4n) is 4.75. The number of rotatable bonds is 15. The van der Waals surface area contributed by atoms with E-state index in [1.165, 1.54) is 28.6 Å². The highest BCUT2D eigenvalue weighted by molar-refractivity contribution is 7.89. The van der Waals surface area contributed by atoms with Crippen molar-refractivity contribution in [1.82, 2.24) is 14.5 Å². The van der Waals surface area contributed by atoms with Crippen LogP contribution in [0.4, 0.5) is 0 Å². The van der Waals surface area contributed by atoms with Gasteiger partial charge in [-0.15, -0.1) is 0 Å². The smallest absolute Gasteiger partial charge is 0.261 e. The highest BCUT2D eigenvalue weighted by Crippen LogP contribution is 2.21. The van der Waals surface area contributed by atoms with Crippen LogP contribution in [0.3, 0.4) is 0 Å². The van der Waals surface area contributed by atoms with Crippen LogP contribution in [0, 0.1) is 0 Å². The summed E-state index contributed by atoms with van der Waals surface area (Å²) in [7, 11) is -2.04. The number of carbonyl (C=O) groups is 2. The Kier molecular flexibility index (Phi) is 12.1. The maximum Gasteiger partial charge on any atom is 0.261 e. The van der Waals surface area contributed by atoms with E-state index in [0.717, 1.165) is 11.1 Å². The lowest BCUT2D eigenvalue weighted by Gasteiger charge is -2.31. The van der Waals surface area contributed by atoms with Gasteiger partial charge in [-0.25, -0.2) is 8.42 Å². The van der Waals surface area contributed by atoms with Crippen molar-refractivity contribution in [2.24, 2.45) is 0 Å². The number of nitrogens with one attached hydrogen (secondary N) is 1. The van der Waals surface area contributed by atoms with Gasteiger partial charge in [0.2, 0.25) is 15.9 Å². The lowest BCUT2D eigenvalue weighted by Crippen LogP contribution is -2.51. The Morgan fingerprint density at radius 2 is 1.56 bits per heavy atom. The summed E-state index contributed by atoms with van der Waals surface area (Å²) in [5.41, 5.74) is 1.79. The zero-order valence-corrected chi connectivity index (χ0v) is 25.2. The molecule has 0 bridgehead atoms. The van der Waals surface area contributed by atoms with Crippen molar-refractivity contribution in [2.45, 2.75) is 30.3 Å². The zero-order chi connectivity index (χ0) is 30.5. The minimum atomic E-state index is -3.65. The minimum Gasteiger partial charge on any atom is -0.484 e. The molecule has 1 fully saturated rings. The van der Waals surface area contributed by atoms with Crippen LogP contribution in [0.15, 0.2) is 89.8 Å². The molecule has 0 saturated carbocycles. The van der Waals surface area contributed by atoms with Gasteiger partial charge in [-0.2, -0.15) is 4.31 Å². The number of amides is 2. The van der Waals surface area contributed by atoms with Gasteiger partial charge in [-0.3, -0.25) is 9.59 Å². The highest BCUT2D eigenvalue weighted by Gasteiger charge is 2.31. The quantitative estimate of drug-likeness (QED) is 0.264. The van der Waals surface area contributed by atoms with Crippen LogP contribution in [0.1, 0.15) is 17.5 Å². The highest BCUT2D eigenvalue weighted by atomic mass is 32.2. The zero-order valence-electron chi connectivity index (χ0n) is 24.4. The van der Waals surface area contributed by atoms with Gasteiger partial charge in [0.05, 0.1) is 18.1 Å². The molecule has 0 aliphatic carbocycles. The van der Waals surface area contributed by atoms with Crippen LogP contribution in [0.25, 0.3) is 0 Å². The predicted molar refractivity (Wildman–Crippen MR) is 162 cm³/mol. The van der Waals surface area contributed by atoms with E-state index < -0.39 is 16.1 Å². The van der Waals surface area contributed by atoms with E-state index in [4.69, 9.17) is 14.2 Å². The van der Waals surface area contributed by atoms with Gasteiger partial charge in [0, 0.05) is 46.3 Å². The molecule has 1 aliphatic heterocycles. The summed E-state index contributed by atoms with van der Waals surface area (Å²) in [4.78, 5) is 29.0. The van der Waals surface area contributed by atoms with Crippen LogP contribution >= 0.6 is 0 Å². The van der Waals surface area contributed by atoms with E-state index in [0.29, 0.717) is 58.0 Å². The molecule has 1 N–H and O–H groups in total. The minimum absolute atomic E-state index is 0.145. The SMILES string of the molecule is COCCCNC(=O)C(Cc1ccccc1)N(Cc1ccccc1)C(=O)COc1ccc(S(=O)(=O)N2CCOCC2)cc1. The number of benzene rings is 3. The van der Waals surface area contributed by atoms with Crippen molar-refractivity contribution in [1.29, 1.82) is 0 Å². The average Bonchev–Trinajstić information content (AvgIpc) is 3.05. The van der Waals surface area contributed by atoms with E-state index >= 15 is 0 Å². The van der Waals surface area contributed by atoms with Crippen molar-refractivity contribution in [3.8, 4) is 5.75 Å². The molecule has 4 rings (SSSR count). The first-order chi connectivity index (χ1) is 20.9. The predicted octanol–water partition coefficient (Wildman–Crippen LogP) is 2.88. The fourth-order valence-corrected chi connectivity index (χ4v) is 6.16. The number of carbonyl (C=O) groups excluding carboxylic acids is 2. The lowest BCUT2D eigenvalue weighted by atomic mass is 10.0. The number of morpholine rings is 1. The Labute approximate surface area is 253 Å². The Balaban J connectivity index is 1.51. The summed E-state index contributed by atoms with van der Waals surface area (Å²) >= 11 is 0. The molecule has 3 aromatic rings. The van der Waals surface area contributed by atoms with E-state index in [9.17, 15) is 18.0 Å². The van der Waals surface area contributed by atoms with Gasteiger partial charge in [-0.05, 0) is 41.8 Å². The monoisotopic (exact) mass is 609 g/mol. The number of hydrogen-bond acceptors (Lipinski definition) is 7. The second kappa shape index (κ2) is 16.2. The second-order valence-electron chi connectivity index (χ2n) is 10.1. The number of ether oxygens (including phenoxy) is 3. The molecular weight excluding hydrogens is 570 g/mol. The van der Waals surface area contributed by atoms with Crippen molar-refractivity contribution in [3.05, 3.63) is 96.1 Å². The molecule has 0 radical (unpaired) electrons. The summed E-state index contributed by atoms with van der Waals surface area (Å²) in [6.07, 6.45) is 0.969. The molecule has 1 heterocycles. The van der Waals surface area contributed by atoms with E-state index in [2.05, 4.69) is 5.32 Å². The molecule has 10 nitrogen and oxygen atoms in total. The first-order valence-corrected chi connectivity index (χ1v) is 15.8. The van der Waals surface area contributed by atoms with Crippen LogP contribution in [0.2, 0.25) is 0 Å². The standard InChI is InChI=1S/C32H39N3O7S/c1-40-20-8-17-33-32(37)30(23-26-9-4-2-5-10-26)35(24-27-11-6-3-7-12-27)31(36)25-42-28-13-15-29(16-14-28)43(38,39)34-18-21-41-22-19-34/h2-7,9-16,30H,8,17-25H2,1H3,(H,33,37). The maximum atomic E-state index is 13.8. The normalized spacial score (nSPS) is 14.5.